The summed E-state index contributed by atoms with van der Waals surface area (Å²) in [5.41, 5.74) is 1.03. The molecule has 2 aliphatic rings. The number of guanidine groups is 1. The molecule has 1 fully saturated rings. The van der Waals surface area contributed by atoms with E-state index in [1.807, 2.05) is 18.2 Å². The number of aliphatic imine (C=N–C) groups is 1. The molecule has 2 N–H and O–H groups in total. The van der Waals surface area contributed by atoms with E-state index in [2.05, 4.69) is 35.3 Å². The molecule has 3 heterocycles. The average molecular weight is 418 g/mol. The maximum absolute atomic E-state index is 6.20. The van der Waals surface area contributed by atoms with Gasteiger partial charge in [0.15, 0.2) is 11.8 Å². The van der Waals surface area contributed by atoms with E-state index < -0.39 is 0 Å². The average Bonchev–Trinajstić information content (AvgIpc) is 3.38. The maximum Gasteiger partial charge on any atom is 0.191 e. The van der Waals surface area contributed by atoms with Crippen LogP contribution in [0.4, 0.5) is 5.69 Å². The first-order chi connectivity index (χ1) is 14.2. The number of nitrogens with one attached hydrogen (secondary N) is 2. The molecule has 0 amide bonds. The zero-order valence-electron chi connectivity index (χ0n) is 17.0. The SMILES string of the molecule is CN=C(NCc1nnc2n1CCCC2)NC1CCN(c2cc(Cl)ccc2OC)C1. The minimum absolute atomic E-state index is 0.289. The fourth-order valence-electron chi connectivity index (χ4n) is 4.06. The monoisotopic (exact) mass is 417 g/mol. The number of anilines is 1. The largest absolute Gasteiger partial charge is 0.495 e. The van der Waals surface area contributed by atoms with Crippen LogP contribution in [0.25, 0.3) is 0 Å². The van der Waals surface area contributed by atoms with Crippen molar-refractivity contribution in [2.24, 2.45) is 4.99 Å². The zero-order chi connectivity index (χ0) is 20.2. The van der Waals surface area contributed by atoms with E-state index >= 15 is 0 Å². The van der Waals surface area contributed by atoms with Crippen molar-refractivity contribution in [2.45, 2.75) is 44.8 Å². The zero-order valence-corrected chi connectivity index (χ0v) is 17.7. The first-order valence-corrected chi connectivity index (χ1v) is 10.5. The Morgan fingerprint density at radius 3 is 3.03 bits per heavy atom. The molecule has 2 aliphatic heterocycles. The van der Waals surface area contributed by atoms with Crippen molar-refractivity contribution in [1.82, 2.24) is 25.4 Å². The Labute approximate surface area is 176 Å². The Balaban J connectivity index is 1.34. The summed E-state index contributed by atoms with van der Waals surface area (Å²) in [5.74, 6) is 3.69. The van der Waals surface area contributed by atoms with Gasteiger partial charge in [-0.15, -0.1) is 10.2 Å². The predicted molar refractivity (Wildman–Crippen MR) is 115 cm³/mol. The van der Waals surface area contributed by atoms with Gasteiger partial charge in [-0.25, -0.2) is 0 Å². The van der Waals surface area contributed by atoms with Crippen LogP contribution in [0.1, 0.15) is 30.9 Å². The standard InChI is InChI=1S/C20H28ClN7O/c1-22-20(23-12-19-26-25-18-5-3-4-9-28(18)19)24-15-8-10-27(13-15)16-11-14(21)6-7-17(16)29-2/h6-7,11,15H,3-5,8-10,12-13H2,1-2H3,(H2,22,23,24). The molecule has 156 valence electrons. The van der Waals surface area contributed by atoms with E-state index in [1.165, 1.54) is 12.8 Å². The lowest BCUT2D eigenvalue weighted by Gasteiger charge is -2.22. The first kappa shape index (κ1) is 19.8. The molecule has 2 aromatic rings. The number of hydrogen-bond acceptors (Lipinski definition) is 5. The second-order valence-corrected chi connectivity index (χ2v) is 7.90. The van der Waals surface area contributed by atoms with Gasteiger partial charge in [-0.1, -0.05) is 11.6 Å². The van der Waals surface area contributed by atoms with Crippen molar-refractivity contribution in [3.63, 3.8) is 0 Å². The van der Waals surface area contributed by atoms with Gasteiger partial charge >= 0.3 is 0 Å². The molecule has 9 heteroatoms. The number of rotatable bonds is 5. The molecule has 0 spiro atoms. The van der Waals surface area contributed by atoms with Gasteiger partial charge in [0.05, 0.1) is 19.3 Å². The number of nitrogens with zero attached hydrogens (tertiary/aromatic N) is 5. The summed E-state index contributed by atoms with van der Waals surface area (Å²) in [4.78, 5) is 6.68. The van der Waals surface area contributed by atoms with Crippen molar-refractivity contribution >= 4 is 23.2 Å². The number of aryl methyl sites for hydroxylation is 1. The molecule has 8 nitrogen and oxygen atoms in total. The van der Waals surface area contributed by atoms with Gasteiger partial charge in [-0.05, 0) is 37.5 Å². The third-order valence-electron chi connectivity index (χ3n) is 5.58. The number of hydrogen-bond donors (Lipinski definition) is 2. The van der Waals surface area contributed by atoms with Crippen molar-refractivity contribution in [3.05, 3.63) is 34.9 Å². The Kier molecular flexibility index (Phi) is 6.08. The number of fused-ring (bicyclic) bond motifs is 1. The Bertz CT molecular complexity index is 882. The number of benzene rings is 1. The van der Waals surface area contributed by atoms with Crippen LogP contribution in [0.15, 0.2) is 23.2 Å². The van der Waals surface area contributed by atoms with Crippen LogP contribution in [0.3, 0.4) is 0 Å². The van der Waals surface area contributed by atoms with Gasteiger partial charge < -0.3 is 24.8 Å². The topological polar surface area (TPSA) is 79.6 Å². The summed E-state index contributed by atoms with van der Waals surface area (Å²) in [5, 5.41) is 16.3. The van der Waals surface area contributed by atoms with Gasteiger partial charge in [0, 0.05) is 44.2 Å². The third kappa shape index (κ3) is 4.42. The third-order valence-corrected chi connectivity index (χ3v) is 5.82. The van der Waals surface area contributed by atoms with Crippen molar-refractivity contribution in [2.75, 3.05) is 32.1 Å². The lowest BCUT2D eigenvalue weighted by Crippen LogP contribution is -2.44. The van der Waals surface area contributed by atoms with Crippen molar-refractivity contribution < 1.29 is 4.74 Å². The maximum atomic E-state index is 6.20. The van der Waals surface area contributed by atoms with Crippen molar-refractivity contribution in [1.29, 1.82) is 0 Å². The van der Waals surface area contributed by atoms with Gasteiger partial charge in [-0.2, -0.15) is 0 Å². The quantitative estimate of drug-likeness (QED) is 0.573. The number of methoxy groups -OCH3 is 1. The van der Waals surface area contributed by atoms with Gasteiger partial charge in [-0.3, -0.25) is 4.99 Å². The minimum Gasteiger partial charge on any atom is -0.495 e. The molecule has 29 heavy (non-hydrogen) atoms. The van der Waals surface area contributed by atoms with Gasteiger partial charge in [0.1, 0.15) is 11.6 Å². The van der Waals surface area contributed by atoms with Gasteiger partial charge in [0.2, 0.25) is 0 Å². The fourth-order valence-corrected chi connectivity index (χ4v) is 4.22. The summed E-state index contributed by atoms with van der Waals surface area (Å²) in [6.45, 7) is 3.41. The Morgan fingerprint density at radius 1 is 1.31 bits per heavy atom. The summed E-state index contributed by atoms with van der Waals surface area (Å²) in [6.07, 6.45) is 4.42. The minimum atomic E-state index is 0.289. The lowest BCUT2D eigenvalue weighted by molar-refractivity contribution is 0.415. The van der Waals surface area contributed by atoms with E-state index in [4.69, 9.17) is 16.3 Å². The molecule has 0 aliphatic carbocycles. The van der Waals surface area contributed by atoms with E-state index in [1.54, 1.807) is 14.2 Å². The lowest BCUT2D eigenvalue weighted by atomic mass is 10.2. The highest BCUT2D eigenvalue weighted by atomic mass is 35.5. The van der Waals surface area contributed by atoms with Crippen LogP contribution >= 0.6 is 11.6 Å². The van der Waals surface area contributed by atoms with E-state index in [0.29, 0.717) is 11.6 Å². The molecule has 0 radical (unpaired) electrons. The fraction of sp³-hybridized carbons (Fsp3) is 0.550. The number of ether oxygens (including phenoxy) is 1. The molecule has 1 saturated heterocycles. The molecule has 0 bridgehead atoms. The van der Waals surface area contributed by atoms with E-state index in [-0.39, 0.29) is 6.04 Å². The summed E-state index contributed by atoms with van der Waals surface area (Å²) in [6, 6.07) is 6.02. The highest BCUT2D eigenvalue weighted by molar-refractivity contribution is 6.30. The van der Waals surface area contributed by atoms with Crippen LogP contribution in [0, 0.1) is 0 Å². The summed E-state index contributed by atoms with van der Waals surface area (Å²) >= 11 is 6.20. The second-order valence-electron chi connectivity index (χ2n) is 7.46. The Hall–Kier alpha value is -2.48. The molecular formula is C20H28ClN7O. The molecule has 1 unspecified atom stereocenters. The van der Waals surface area contributed by atoms with Crippen molar-refractivity contribution in [3.8, 4) is 5.75 Å². The van der Waals surface area contributed by atoms with Crippen LogP contribution in [0.5, 0.6) is 5.75 Å². The van der Waals surface area contributed by atoms with Crippen LogP contribution < -0.4 is 20.3 Å². The molecule has 1 aromatic carbocycles. The molecule has 4 rings (SSSR count). The predicted octanol–water partition coefficient (Wildman–Crippen LogP) is 2.22. The second kappa shape index (κ2) is 8.90. The van der Waals surface area contributed by atoms with Crippen LogP contribution in [-0.4, -0.2) is 54.0 Å². The van der Waals surface area contributed by atoms with Crippen LogP contribution in [0.2, 0.25) is 5.02 Å². The van der Waals surface area contributed by atoms with Crippen LogP contribution in [-0.2, 0) is 19.5 Å². The highest BCUT2D eigenvalue weighted by Crippen LogP contribution is 2.33. The number of halogens is 1. The van der Waals surface area contributed by atoms with Gasteiger partial charge in [0.25, 0.3) is 0 Å². The normalized spacial score (nSPS) is 19.2. The smallest absolute Gasteiger partial charge is 0.191 e. The summed E-state index contributed by atoms with van der Waals surface area (Å²) in [7, 11) is 3.48. The van der Waals surface area contributed by atoms with E-state index in [9.17, 15) is 0 Å². The first-order valence-electron chi connectivity index (χ1n) is 10.1. The molecular weight excluding hydrogens is 390 g/mol. The molecule has 0 saturated carbocycles. The van der Waals surface area contributed by atoms with E-state index in [0.717, 1.165) is 61.5 Å². The molecule has 1 atom stereocenters. The molecule has 1 aromatic heterocycles. The Morgan fingerprint density at radius 2 is 2.21 bits per heavy atom. The number of aromatic nitrogens is 3. The highest BCUT2D eigenvalue weighted by Gasteiger charge is 2.26. The summed E-state index contributed by atoms with van der Waals surface area (Å²) < 4.78 is 7.73.